The molecule has 3 rings (SSSR count). The Balaban J connectivity index is 1.49. The Bertz CT molecular complexity index is 994. The lowest BCUT2D eigenvalue weighted by Gasteiger charge is -2.15. The van der Waals surface area contributed by atoms with Gasteiger partial charge in [-0.05, 0) is 56.7 Å². The second-order valence-corrected chi connectivity index (χ2v) is 6.64. The van der Waals surface area contributed by atoms with Gasteiger partial charge in [0.05, 0.1) is 19.3 Å². The molecule has 2 amide bonds. The number of rotatable bonds is 7. The highest BCUT2D eigenvalue weighted by atomic mass is 16.5. The van der Waals surface area contributed by atoms with Gasteiger partial charge in [-0.3, -0.25) is 20.4 Å². The van der Waals surface area contributed by atoms with Gasteiger partial charge in [0, 0.05) is 10.9 Å². The predicted octanol–water partition coefficient (Wildman–Crippen LogP) is 3.30. The molecule has 0 fully saturated rings. The number of ether oxygens (including phenoxy) is 2. The zero-order valence-corrected chi connectivity index (χ0v) is 16.7. The van der Waals surface area contributed by atoms with Crippen LogP contribution in [-0.4, -0.2) is 24.5 Å². The van der Waals surface area contributed by atoms with Crippen LogP contribution >= 0.6 is 0 Å². The SMILES string of the molecule is CCOc1ccc(OC(C)C(=O)NNC(=O)Cc2coc3cc(C)ccc23)cc1. The van der Waals surface area contributed by atoms with Crippen molar-refractivity contribution in [2.45, 2.75) is 33.3 Å². The summed E-state index contributed by atoms with van der Waals surface area (Å²) in [5.74, 6) is 0.448. The molecule has 3 aromatic rings. The molecule has 0 bridgehead atoms. The van der Waals surface area contributed by atoms with E-state index in [1.807, 2.05) is 32.0 Å². The Hall–Kier alpha value is -3.48. The van der Waals surface area contributed by atoms with Gasteiger partial charge in [-0.15, -0.1) is 0 Å². The van der Waals surface area contributed by atoms with Crippen molar-refractivity contribution in [1.82, 2.24) is 10.9 Å². The van der Waals surface area contributed by atoms with Crippen molar-refractivity contribution in [1.29, 1.82) is 0 Å². The van der Waals surface area contributed by atoms with Crippen LogP contribution in [0.25, 0.3) is 11.0 Å². The van der Waals surface area contributed by atoms with Crippen molar-refractivity contribution >= 4 is 22.8 Å². The number of carbonyl (C=O) groups is 2. The van der Waals surface area contributed by atoms with E-state index in [-0.39, 0.29) is 12.3 Å². The number of benzene rings is 2. The smallest absolute Gasteiger partial charge is 0.279 e. The third kappa shape index (κ3) is 5.28. The van der Waals surface area contributed by atoms with Gasteiger partial charge in [-0.25, -0.2) is 0 Å². The van der Waals surface area contributed by atoms with Crippen LogP contribution in [0.2, 0.25) is 0 Å². The topological polar surface area (TPSA) is 89.8 Å². The monoisotopic (exact) mass is 396 g/mol. The molecule has 7 nitrogen and oxygen atoms in total. The first-order valence-electron chi connectivity index (χ1n) is 9.41. The molecule has 2 aromatic carbocycles. The summed E-state index contributed by atoms with van der Waals surface area (Å²) >= 11 is 0. The Kier molecular flexibility index (Phi) is 6.39. The van der Waals surface area contributed by atoms with Crippen LogP contribution in [0, 0.1) is 6.92 Å². The van der Waals surface area contributed by atoms with Crippen LogP contribution in [0.15, 0.2) is 53.1 Å². The van der Waals surface area contributed by atoms with Gasteiger partial charge in [-0.2, -0.15) is 0 Å². The van der Waals surface area contributed by atoms with Gasteiger partial charge in [0.25, 0.3) is 5.91 Å². The second kappa shape index (κ2) is 9.14. The molecule has 0 spiro atoms. The molecular weight excluding hydrogens is 372 g/mol. The number of hydrogen-bond donors (Lipinski definition) is 2. The molecule has 2 N–H and O–H groups in total. The van der Waals surface area contributed by atoms with Crippen LogP contribution in [0.4, 0.5) is 0 Å². The fraction of sp³-hybridized carbons (Fsp3) is 0.273. The van der Waals surface area contributed by atoms with Crippen molar-refractivity contribution in [3.63, 3.8) is 0 Å². The van der Waals surface area contributed by atoms with Gasteiger partial charge in [0.2, 0.25) is 5.91 Å². The Morgan fingerprint density at radius 2 is 1.79 bits per heavy atom. The quantitative estimate of drug-likeness (QED) is 0.598. The summed E-state index contributed by atoms with van der Waals surface area (Å²) in [5.41, 5.74) is 7.36. The van der Waals surface area contributed by atoms with Crippen LogP contribution < -0.4 is 20.3 Å². The number of hydrazine groups is 1. The lowest BCUT2D eigenvalue weighted by Crippen LogP contribution is -2.47. The predicted molar refractivity (Wildman–Crippen MR) is 109 cm³/mol. The number of furan rings is 1. The number of hydrogen-bond acceptors (Lipinski definition) is 5. The molecule has 1 aromatic heterocycles. The molecule has 29 heavy (non-hydrogen) atoms. The number of fused-ring (bicyclic) bond motifs is 1. The maximum absolute atomic E-state index is 12.2. The average molecular weight is 396 g/mol. The van der Waals surface area contributed by atoms with Crippen LogP contribution in [-0.2, 0) is 16.0 Å². The van der Waals surface area contributed by atoms with E-state index in [0.29, 0.717) is 12.4 Å². The minimum atomic E-state index is -0.786. The third-order valence-corrected chi connectivity index (χ3v) is 4.30. The van der Waals surface area contributed by atoms with E-state index in [1.165, 1.54) is 0 Å². The normalized spacial score (nSPS) is 11.7. The molecule has 0 aliphatic rings. The summed E-state index contributed by atoms with van der Waals surface area (Å²) in [7, 11) is 0. The number of nitrogens with one attached hydrogen (secondary N) is 2. The molecule has 0 saturated heterocycles. The molecule has 1 unspecified atom stereocenters. The number of carbonyl (C=O) groups excluding carboxylic acids is 2. The number of aryl methyl sites for hydroxylation is 1. The molecule has 0 aliphatic carbocycles. The van der Waals surface area contributed by atoms with Crippen molar-refractivity contribution in [2.75, 3.05) is 6.61 Å². The van der Waals surface area contributed by atoms with Gasteiger partial charge < -0.3 is 13.9 Å². The van der Waals surface area contributed by atoms with E-state index in [4.69, 9.17) is 13.9 Å². The summed E-state index contributed by atoms with van der Waals surface area (Å²) in [4.78, 5) is 24.4. The van der Waals surface area contributed by atoms with Crippen LogP contribution in [0.1, 0.15) is 25.0 Å². The van der Waals surface area contributed by atoms with E-state index in [2.05, 4.69) is 10.9 Å². The summed E-state index contributed by atoms with van der Waals surface area (Å²) in [6.45, 7) is 6.05. The summed E-state index contributed by atoms with van der Waals surface area (Å²) < 4.78 is 16.4. The van der Waals surface area contributed by atoms with Gasteiger partial charge in [0.1, 0.15) is 17.1 Å². The van der Waals surface area contributed by atoms with E-state index in [1.54, 1.807) is 37.5 Å². The minimum Gasteiger partial charge on any atom is -0.494 e. The molecule has 0 aliphatic heterocycles. The molecule has 0 saturated carbocycles. The van der Waals surface area contributed by atoms with Crippen molar-refractivity contribution in [2.24, 2.45) is 0 Å². The highest BCUT2D eigenvalue weighted by Gasteiger charge is 2.16. The highest BCUT2D eigenvalue weighted by molar-refractivity contribution is 5.89. The summed E-state index contributed by atoms with van der Waals surface area (Å²) in [5, 5.41) is 0.879. The Morgan fingerprint density at radius 1 is 1.07 bits per heavy atom. The molecule has 7 heteroatoms. The van der Waals surface area contributed by atoms with Crippen LogP contribution in [0.3, 0.4) is 0 Å². The third-order valence-electron chi connectivity index (χ3n) is 4.30. The largest absolute Gasteiger partial charge is 0.494 e. The Labute approximate surface area is 169 Å². The van der Waals surface area contributed by atoms with E-state index in [9.17, 15) is 9.59 Å². The average Bonchev–Trinajstić information content (AvgIpc) is 3.09. The molecule has 1 heterocycles. The first-order valence-corrected chi connectivity index (χ1v) is 9.41. The second-order valence-electron chi connectivity index (χ2n) is 6.64. The Morgan fingerprint density at radius 3 is 2.52 bits per heavy atom. The van der Waals surface area contributed by atoms with Crippen molar-refractivity contribution in [3.05, 3.63) is 59.9 Å². The fourth-order valence-corrected chi connectivity index (χ4v) is 2.82. The first kappa shape index (κ1) is 20.3. The fourth-order valence-electron chi connectivity index (χ4n) is 2.82. The van der Waals surface area contributed by atoms with E-state index >= 15 is 0 Å². The first-order chi connectivity index (χ1) is 14.0. The van der Waals surface area contributed by atoms with E-state index in [0.717, 1.165) is 27.8 Å². The van der Waals surface area contributed by atoms with Crippen molar-refractivity contribution in [3.8, 4) is 11.5 Å². The lowest BCUT2D eigenvalue weighted by atomic mass is 10.1. The maximum Gasteiger partial charge on any atom is 0.279 e. The van der Waals surface area contributed by atoms with Gasteiger partial charge >= 0.3 is 0 Å². The molecular formula is C22H24N2O5. The lowest BCUT2D eigenvalue weighted by molar-refractivity contribution is -0.132. The molecule has 152 valence electrons. The highest BCUT2D eigenvalue weighted by Crippen LogP contribution is 2.22. The minimum absolute atomic E-state index is 0.0878. The van der Waals surface area contributed by atoms with Gasteiger partial charge in [0.15, 0.2) is 6.10 Å². The molecule has 0 radical (unpaired) electrons. The van der Waals surface area contributed by atoms with Crippen LogP contribution in [0.5, 0.6) is 11.5 Å². The number of amides is 2. The summed E-state index contributed by atoms with van der Waals surface area (Å²) in [6.07, 6.45) is 0.860. The maximum atomic E-state index is 12.2. The van der Waals surface area contributed by atoms with Crippen molar-refractivity contribution < 1.29 is 23.5 Å². The summed E-state index contributed by atoms with van der Waals surface area (Å²) in [6, 6.07) is 12.8. The van der Waals surface area contributed by atoms with Gasteiger partial charge in [-0.1, -0.05) is 12.1 Å². The zero-order valence-electron chi connectivity index (χ0n) is 16.7. The van der Waals surface area contributed by atoms with E-state index < -0.39 is 12.0 Å². The zero-order chi connectivity index (χ0) is 20.8. The molecule has 1 atom stereocenters. The standard InChI is InChI=1S/C22H24N2O5/c1-4-27-17-6-8-18(9-7-17)29-15(3)22(26)24-23-21(25)12-16-13-28-20-11-14(2)5-10-19(16)20/h5-11,13,15H,4,12H2,1-3H3,(H,23,25)(H,24,26).